The standard InChI is InChI=1S/C17H17N3O2S2/c1-11-5-7-13(8-6-11)15(21)12(2)23-17-20-19-16(24-17)18-10-14-4-3-9-22-14/h3-9,12H,10H2,1-2H3,(H,18,19). The lowest BCUT2D eigenvalue weighted by Gasteiger charge is -2.08. The summed E-state index contributed by atoms with van der Waals surface area (Å²) in [6.45, 7) is 4.46. The first-order valence-electron chi connectivity index (χ1n) is 7.49. The van der Waals surface area contributed by atoms with E-state index in [0.717, 1.165) is 21.2 Å². The molecule has 0 saturated carbocycles. The Morgan fingerprint density at radius 1 is 1.29 bits per heavy atom. The minimum atomic E-state index is -0.210. The van der Waals surface area contributed by atoms with Gasteiger partial charge >= 0.3 is 0 Å². The van der Waals surface area contributed by atoms with Gasteiger partial charge in [-0.25, -0.2) is 0 Å². The van der Waals surface area contributed by atoms with Crippen LogP contribution in [-0.4, -0.2) is 21.2 Å². The molecule has 0 saturated heterocycles. The van der Waals surface area contributed by atoms with Gasteiger partial charge in [-0.2, -0.15) is 0 Å². The van der Waals surface area contributed by atoms with Gasteiger partial charge in [-0.15, -0.1) is 10.2 Å². The van der Waals surface area contributed by atoms with E-state index in [1.807, 2.05) is 50.2 Å². The quantitative estimate of drug-likeness (QED) is 0.498. The summed E-state index contributed by atoms with van der Waals surface area (Å²) in [4.78, 5) is 12.5. The van der Waals surface area contributed by atoms with Crippen LogP contribution in [0.2, 0.25) is 0 Å². The molecule has 0 aliphatic carbocycles. The number of thioether (sulfide) groups is 1. The lowest BCUT2D eigenvalue weighted by atomic mass is 10.1. The van der Waals surface area contributed by atoms with Crippen LogP contribution in [-0.2, 0) is 6.54 Å². The van der Waals surface area contributed by atoms with Gasteiger partial charge in [0.15, 0.2) is 10.1 Å². The Balaban J connectivity index is 1.57. The molecule has 0 bridgehead atoms. The third-order valence-electron chi connectivity index (χ3n) is 3.38. The van der Waals surface area contributed by atoms with Crippen LogP contribution < -0.4 is 5.32 Å². The van der Waals surface area contributed by atoms with Gasteiger partial charge in [-0.1, -0.05) is 52.9 Å². The second kappa shape index (κ2) is 7.63. The lowest BCUT2D eigenvalue weighted by molar-refractivity contribution is 0.0994. The molecule has 1 atom stereocenters. The number of benzene rings is 1. The van der Waals surface area contributed by atoms with Crippen molar-refractivity contribution in [1.82, 2.24) is 10.2 Å². The van der Waals surface area contributed by atoms with Crippen LogP contribution >= 0.6 is 23.1 Å². The molecular formula is C17H17N3O2S2. The van der Waals surface area contributed by atoms with E-state index in [-0.39, 0.29) is 11.0 Å². The highest BCUT2D eigenvalue weighted by Crippen LogP contribution is 2.30. The van der Waals surface area contributed by atoms with Crippen molar-refractivity contribution in [2.24, 2.45) is 0 Å². The number of aryl methyl sites for hydroxylation is 1. The van der Waals surface area contributed by atoms with E-state index in [1.165, 1.54) is 23.1 Å². The van der Waals surface area contributed by atoms with Crippen LogP contribution in [0.3, 0.4) is 0 Å². The van der Waals surface area contributed by atoms with Gasteiger partial charge in [-0.05, 0) is 26.0 Å². The molecule has 2 aromatic heterocycles. The van der Waals surface area contributed by atoms with Crippen molar-refractivity contribution in [3.05, 3.63) is 59.5 Å². The molecular weight excluding hydrogens is 342 g/mol. The zero-order valence-electron chi connectivity index (χ0n) is 13.4. The number of rotatable bonds is 7. The van der Waals surface area contributed by atoms with E-state index in [2.05, 4.69) is 15.5 Å². The molecule has 3 aromatic rings. The number of carbonyl (C=O) groups is 1. The maximum absolute atomic E-state index is 12.5. The monoisotopic (exact) mass is 359 g/mol. The van der Waals surface area contributed by atoms with Gasteiger partial charge in [0.25, 0.3) is 0 Å². The van der Waals surface area contributed by atoms with Crippen molar-refractivity contribution in [2.75, 3.05) is 5.32 Å². The first kappa shape index (κ1) is 16.7. The molecule has 24 heavy (non-hydrogen) atoms. The summed E-state index contributed by atoms with van der Waals surface area (Å²) < 4.78 is 6.03. The third-order valence-corrected chi connectivity index (χ3v) is 5.45. The molecule has 1 N–H and O–H groups in total. The highest BCUT2D eigenvalue weighted by Gasteiger charge is 2.18. The molecule has 124 valence electrons. The molecule has 0 aliphatic rings. The van der Waals surface area contributed by atoms with Crippen molar-refractivity contribution in [1.29, 1.82) is 0 Å². The lowest BCUT2D eigenvalue weighted by Crippen LogP contribution is -2.13. The van der Waals surface area contributed by atoms with Crippen LogP contribution in [0.4, 0.5) is 5.13 Å². The van der Waals surface area contributed by atoms with E-state index in [0.29, 0.717) is 11.7 Å². The van der Waals surface area contributed by atoms with Crippen LogP contribution in [0.1, 0.15) is 28.6 Å². The molecule has 7 heteroatoms. The van der Waals surface area contributed by atoms with Crippen LogP contribution in [0.5, 0.6) is 0 Å². The second-order valence-corrected chi connectivity index (χ2v) is 7.86. The van der Waals surface area contributed by atoms with E-state index >= 15 is 0 Å². The van der Waals surface area contributed by atoms with Gasteiger partial charge in [0.05, 0.1) is 18.1 Å². The fraction of sp³-hybridized carbons (Fsp3) is 0.235. The molecule has 2 heterocycles. The number of hydrogen-bond acceptors (Lipinski definition) is 7. The zero-order valence-corrected chi connectivity index (χ0v) is 15.0. The van der Waals surface area contributed by atoms with Gasteiger partial charge < -0.3 is 9.73 Å². The predicted molar refractivity (Wildman–Crippen MR) is 96.8 cm³/mol. The van der Waals surface area contributed by atoms with E-state index in [9.17, 15) is 4.79 Å². The molecule has 1 unspecified atom stereocenters. The van der Waals surface area contributed by atoms with Crippen LogP contribution in [0.15, 0.2) is 51.4 Å². The fourth-order valence-corrected chi connectivity index (χ4v) is 4.03. The van der Waals surface area contributed by atoms with Gasteiger partial charge in [0, 0.05) is 5.56 Å². The maximum Gasteiger partial charge on any atom is 0.206 e. The maximum atomic E-state index is 12.5. The molecule has 0 radical (unpaired) electrons. The van der Waals surface area contributed by atoms with Crippen molar-refractivity contribution in [3.63, 3.8) is 0 Å². The van der Waals surface area contributed by atoms with Crippen LogP contribution in [0.25, 0.3) is 0 Å². The highest BCUT2D eigenvalue weighted by atomic mass is 32.2. The Morgan fingerprint density at radius 3 is 2.79 bits per heavy atom. The number of nitrogens with one attached hydrogen (secondary N) is 1. The summed E-state index contributed by atoms with van der Waals surface area (Å²) >= 11 is 2.86. The van der Waals surface area contributed by atoms with Crippen LogP contribution in [0, 0.1) is 6.92 Å². The molecule has 0 fully saturated rings. The second-order valence-electron chi connectivity index (χ2n) is 5.30. The highest BCUT2D eigenvalue weighted by molar-refractivity contribution is 8.02. The van der Waals surface area contributed by atoms with Gasteiger partial charge in [-0.3, -0.25) is 4.79 Å². The smallest absolute Gasteiger partial charge is 0.206 e. The molecule has 3 rings (SSSR count). The van der Waals surface area contributed by atoms with Gasteiger partial charge in [0.1, 0.15) is 5.76 Å². The van der Waals surface area contributed by atoms with Gasteiger partial charge in [0.2, 0.25) is 5.13 Å². The summed E-state index contributed by atoms with van der Waals surface area (Å²) in [6.07, 6.45) is 1.64. The number of anilines is 1. The third kappa shape index (κ3) is 4.24. The number of hydrogen-bond donors (Lipinski definition) is 1. The largest absolute Gasteiger partial charge is 0.467 e. The normalized spacial score (nSPS) is 12.1. The van der Waals surface area contributed by atoms with E-state index < -0.39 is 0 Å². The minimum Gasteiger partial charge on any atom is -0.467 e. The molecule has 0 aliphatic heterocycles. The predicted octanol–water partition coefficient (Wildman–Crippen LogP) is 4.42. The first-order chi connectivity index (χ1) is 11.6. The minimum absolute atomic E-state index is 0.0975. The Kier molecular flexibility index (Phi) is 5.32. The Morgan fingerprint density at radius 2 is 2.08 bits per heavy atom. The molecule has 1 aromatic carbocycles. The summed E-state index contributed by atoms with van der Waals surface area (Å²) in [6, 6.07) is 11.4. The number of aromatic nitrogens is 2. The van der Waals surface area contributed by atoms with Crippen molar-refractivity contribution >= 4 is 34.0 Å². The van der Waals surface area contributed by atoms with Crippen molar-refractivity contribution in [3.8, 4) is 0 Å². The number of ketones is 1. The van der Waals surface area contributed by atoms with Crippen molar-refractivity contribution < 1.29 is 9.21 Å². The van der Waals surface area contributed by atoms with E-state index in [4.69, 9.17) is 4.42 Å². The Labute approximate surface area is 148 Å². The SMILES string of the molecule is Cc1ccc(C(=O)C(C)Sc2nnc(NCc3ccco3)s2)cc1. The molecule has 0 spiro atoms. The molecule has 0 amide bonds. The number of carbonyl (C=O) groups excluding carboxylic acids is 1. The van der Waals surface area contributed by atoms with E-state index in [1.54, 1.807) is 6.26 Å². The zero-order chi connectivity index (χ0) is 16.9. The number of furan rings is 1. The number of Topliss-reactive ketones (excluding diaryl/α,β-unsaturated/α-hetero) is 1. The topological polar surface area (TPSA) is 68.0 Å². The summed E-state index contributed by atoms with van der Waals surface area (Å²) in [5, 5.41) is 11.9. The average Bonchev–Trinajstić information content (AvgIpc) is 3.24. The first-order valence-corrected chi connectivity index (χ1v) is 9.19. The summed E-state index contributed by atoms with van der Waals surface area (Å²) in [5.74, 6) is 0.933. The van der Waals surface area contributed by atoms with Crippen molar-refractivity contribution in [2.45, 2.75) is 30.0 Å². The molecule has 5 nitrogen and oxygen atoms in total. The summed E-state index contributed by atoms with van der Waals surface area (Å²) in [7, 11) is 0. The fourth-order valence-electron chi connectivity index (χ4n) is 2.06. The average molecular weight is 359 g/mol. The Hall–Kier alpha value is -2.12. The summed E-state index contributed by atoms with van der Waals surface area (Å²) in [5.41, 5.74) is 1.87. The Bertz CT molecular complexity index is 798. The number of nitrogens with zero attached hydrogens (tertiary/aromatic N) is 2.